The molecule has 18 heavy (non-hydrogen) atoms. The average molecular weight is 250 g/mol. The van der Waals surface area contributed by atoms with Crippen LogP contribution < -0.4 is 5.32 Å². The fourth-order valence-corrected chi connectivity index (χ4v) is 2.20. The lowest BCUT2D eigenvalue weighted by Gasteiger charge is -2.34. The maximum Gasteiger partial charge on any atom is 0.244 e. The highest BCUT2D eigenvalue weighted by atomic mass is 16.2. The van der Waals surface area contributed by atoms with Crippen LogP contribution in [0.2, 0.25) is 0 Å². The van der Waals surface area contributed by atoms with Crippen molar-refractivity contribution in [2.45, 2.75) is 26.4 Å². The van der Waals surface area contributed by atoms with Crippen molar-refractivity contribution in [1.29, 1.82) is 0 Å². The molecule has 0 spiro atoms. The Kier molecular flexibility index (Phi) is 3.36. The molecule has 0 radical (unpaired) electrons. The van der Waals surface area contributed by atoms with Gasteiger partial charge in [-0.3, -0.25) is 9.59 Å². The third-order valence-electron chi connectivity index (χ3n) is 3.18. The Morgan fingerprint density at radius 1 is 1.50 bits per heavy atom. The highest BCUT2D eigenvalue weighted by Gasteiger charge is 2.32. The molecule has 0 aliphatic carbocycles. The SMILES string of the molecule is CNC(=O)C1CN(C(=O)C(C)C)Cc2cncn21. The molecule has 2 amide bonds. The van der Waals surface area contributed by atoms with E-state index in [1.165, 1.54) is 0 Å². The highest BCUT2D eigenvalue weighted by Crippen LogP contribution is 2.22. The molecular weight excluding hydrogens is 232 g/mol. The Morgan fingerprint density at radius 2 is 2.22 bits per heavy atom. The number of aromatic nitrogens is 2. The van der Waals surface area contributed by atoms with Gasteiger partial charge < -0.3 is 14.8 Å². The summed E-state index contributed by atoms with van der Waals surface area (Å²) in [5.41, 5.74) is 0.892. The summed E-state index contributed by atoms with van der Waals surface area (Å²) in [6, 6.07) is -0.385. The molecule has 1 unspecified atom stereocenters. The lowest BCUT2D eigenvalue weighted by Crippen LogP contribution is -2.47. The number of nitrogens with one attached hydrogen (secondary N) is 1. The van der Waals surface area contributed by atoms with E-state index in [2.05, 4.69) is 10.3 Å². The van der Waals surface area contributed by atoms with Crippen molar-refractivity contribution in [3.63, 3.8) is 0 Å². The molecule has 0 saturated heterocycles. The van der Waals surface area contributed by atoms with Crippen LogP contribution in [0.3, 0.4) is 0 Å². The predicted molar refractivity (Wildman–Crippen MR) is 65.6 cm³/mol. The number of hydrogen-bond donors (Lipinski definition) is 1. The number of carbonyl (C=O) groups is 2. The van der Waals surface area contributed by atoms with E-state index < -0.39 is 0 Å². The van der Waals surface area contributed by atoms with Crippen LogP contribution in [0.1, 0.15) is 25.6 Å². The third-order valence-corrected chi connectivity index (χ3v) is 3.18. The molecule has 1 N–H and O–H groups in total. The number of amides is 2. The van der Waals surface area contributed by atoms with Gasteiger partial charge in [-0.25, -0.2) is 4.98 Å². The fraction of sp³-hybridized carbons (Fsp3) is 0.583. The minimum Gasteiger partial charge on any atom is -0.357 e. The Bertz CT molecular complexity index is 466. The summed E-state index contributed by atoms with van der Waals surface area (Å²) in [7, 11) is 1.60. The molecular formula is C12H18N4O2. The number of likely N-dealkylation sites (N-methyl/N-ethyl adjacent to an activating group) is 1. The summed E-state index contributed by atoms with van der Waals surface area (Å²) >= 11 is 0. The van der Waals surface area contributed by atoms with Crippen LogP contribution in [-0.2, 0) is 16.1 Å². The van der Waals surface area contributed by atoms with Crippen molar-refractivity contribution in [1.82, 2.24) is 19.8 Å². The number of nitrogens with zero attached hydrogens (tertiary/aromatic N) is 3. The van der Waals surface area contributed by atoms with Crippen LogP contribution in [0, 0.1) is 5.92 Å². The monoisotopic (exact) mass is 250 g/mol. The minimum atomic E-state index is -0.385. The Balaban J connectivity index is 2.28. The Morgan fingerprint density at radius 3 is 2.83 bits per heavy atom. The van der Waals surface area contributed by atoms with Crippen molar-refractivity contribution in [3.8, 4) is 0 Å². The molecule has 6 nitrogen and oxygen atoms in total. The number of rotatable bonds is 2. The van der Waals surface area contributed by atoms with Crippen LogP contribution in [0.5, 0.6) is 0 Å². The molecule has 6 heteroatoms. The Hall–Kier alpha value is -1.85. The molecule has 2 heterocycles. The van der Waals surface area contributed by atoms with E-state index in [4.69, 9.17) is 0 Å². The number of carbonyl (C=O) groups excluding carboxylic acids is 2. The van der Waals surface area contributed by atoms with Gasteiger partial charge in [0.2, 0.25) is 11.8 Å². The molecule has 1 aromatic heterocycles. The average Bonchev–Trinajstić information content (AvgIpc) is 2.83. The Labute approximate surface area is 106 Å². The van der Waals surface area contributed by atoms with Crippen LogP contribution in [0.4, 0.5) is 0 Å². The maximum absolute atomic E-state index is 12.1. The zero-order valence-corrected chi connectivity index (χ0v) is 10.9. The molecule has 1 atom stereocenters. The van der Waals surface area contributed by atoms with Gasteiger partial charge in [0.1, 0.15) is 6.04 Å². The molecule has 0 bridgehead atoms. The molecule has 1 aromatic rings. The van der Waals surface area contributed by atoms with Gasteiger partial charge in [-0.2, -0.15) is 0 Å². The molecule has 2 rings (SSSR count). The predicted octanol–water partition coefficient (Wildman–Crippen LogP) is 0.168. The van der Waals surface area contributed by atoms with Gasteiger partial charge in [0.15, 0.2) is 0 Å². The van der Waals surface area contributed by atoms with Crippen LogP contribution in [0.25, 0.3) is 0 Å². The van der Waals surface area contributed by atoms with Crippen LogP contribution in [0.15, 0.2) is 12.5 Å². The van der Waals surface area contributed by atoms with Gasteiger partial charge in [0.25, 0.3) is 0 Å². The second-order valence-corrected chi connectivity index (χ2v) is 4.80. The van der Waals surface area contributed by atoms with E-state index in [1.54, 1.807) is 24.5 Å². The van der Waals surface area contributed by atoms with Gasteiger partial charge in [-0.1, -0.05) is 13.8 Å². The van der Waals surface area contributed by atoms with E-state index in [9.17, 15) is 9.59 Å². The number of fused-ring (bicyclic) bond motifs is 1. The summed E-state index contributed by atoms with van der Waals surface area (Å²) in [4.78, 5) is 29.7. The van der Waals surface area contributed by atoms with Gasteiger partial charge in [-0.05, 0) is 0 Å². The molecule has 1 aliphatic rings. The van der Waals surface area contributed by atoms with Crippen molar-refractivity contribution in [2.75, 3.05) is 13.6 Å². The first-order chi connectivity index (χ1) is 8.54. The maximum atomic E-state index is 12.1. The normalized spacial score (nSPS) is 18.7. The molecule has 0 aromatic carbocycles. The quantitative estimate of drug-likeness (QED) is 0.813. The number of hydrogen-bond acceptors (Lipinski definition) is 3. The first-order valence-corrected chi connectivity index (χ1v) is 6.05. The zero-order valence-electron chi connectivity index (χ0n) is 10.9. The van der Waals surface area contributed by atoms with Crippen molar-refractivity contribution in [2.24, 2.45) is 5.92 Å². The van der Waals surface area contributed by atoms with E-state index >= 15 is 0 Å². The van der Waals surface area contributed by atoms with E-state index in [-0.39, 0.29) is 23.8 Å². The summed E-state index contributed by atoms with van der Waals surface area (Å²) in [5, 5.41) is 2.63. The van der Waals surface area contributed by atoms with Gasteiger partial charge in [0, 0.05) is 19.2 Å². The van der Waals surface area contributed by atoms with Gasteiger partial charge in [0.05, 0.1) is 25.1 Å². The third kappa shape index (κ3) is 2.10. The lowest BCUT2D eigenvalue weighted by atomic mass is 10.1. The van der Waals surface area contributed by atoms with E-state index in [0.717, 1.165) is 5.69 Å². The summed E-state index contributed by atoms with van der Waals surface area (Å²) < 4.78 is 1.84. The van der Waals surface area contributed by atoms with Crippen molar-refractivity contribution < 1.29 is 9.59 Å². The summed E-state index contributed by atoms with van der Waals surface area (Å²) in [6.45, 7) is 4.65. The summed E-state index contributed by atoms with van der Waals surface area (Å²) in [6.07, 6.45) is 3.35. The van der Waals surface area contributed by atoms with Gasteiger partial charge in [-0.15, -0.1) is 0 Å². The van der Waals surface area contributed by atoms with Crippen molar-refractivity contribution in [3.05, 3.63) is 18.2 Å². The molecule has 1 aliphatic heterocycles. The van der Waals surface area contributed by atoms with Gasteiger partial charge >= 0.3 is 0 Å². The standard InChI is InChI=1S/C12H18N4O2/c1-8(2)12(18)15-5-9-4-14-7-16(9)10(6-15)11(17)13-3/h4,7-8,10H,5-6H2,1-3H3,(H,13,17). The van der Waals surface area contributed by atoms with Crippen LogP contribution in [-0.4, -0.2) is 39.9 Å². The summed E-state index contributed by atoms with van der Waals surface area (Å²) in [5.74, 6) is -0.100. The van der Waals surface area contributed by atoms with Crippen molar-refractivity contribution >= 4 is 11.8 Å². The zero-order chi connectivity index (χ0) is 13.3. The lowest BCUT2D eigenvalue weighted by molar-refractivity contribution is -0.138. The molecule has 0 fully saturated rings. The second-order valence-electron chi connectivity index (χ2n) is 4.80. The second kappa shape index (κ2) is 4.80. The topological polar surface area (TPSA) is 67.2 Å². The molecule has 0 saturated carbocycles. The highest BCUT2D eigenvalue weighted by molar-refractivity contribution is 5.83. The fourth-order valence-electron chi connectivity index (χ4n) is 2.20. The van der Waals surface area contributed by atoms with E-state index in [0.29, 0.717) is 13.1 Å². The smallest absolute Gasteiger partial charge is 0.244 e. The molecule has 98 valence electrons. The first kappa shape index (κ1) is 12.6. The van der Waals surface area contributed by atoms with Crippen LogP contribution >= 0.6 is 0 Å². The number of imidazole rings is 1. The largest absolute Gasteiger partial charge is 0.357 e. The first-order valence-electron chi connectivity index (χ1n) is 6.05. The van der Waals surface area contributed by atoms with E-state index in [1.807, 2.05) is 18.4 Å². The minimum absolute atomic E-state index is 0.0650.